The number of tetrazole rings is 1. The van der Waals surface area contributed by atoms with E-state index in [9.17, 15) is 4.79 Å². The van der Waals surface area contributed by atoms with Crippen molar-refractivity contribution in [3.05, 3.63) is 5.82 Å². The first kappa shape index (κ1) is 10.6. The molecule has 1 aromatic rings. The van der Waals surface area contributed by atoms with Crippen molar-refractivity contribution in [3.8, 4) is 0 Å². The van der Waals surface area contributed by atoms with Crippen LogP contribution in [-0.2, 0) is 22.7 Å². The van der Waals surface area contributed by atoms with E-state index in [1.54, 1.807) is 7.11 Å². The molecular formula is C7H12N4O3. The number of carboxylic acid groups (broad SMARTS) is 1. The van der Waals surface area contributed by atoms with Gasteiger partial charge in [-0.1, -0.05) is 0 Å². The molecule has 1 rings (SSSR count). The van der Waals surface area contributed by atoms with Crippen molar-refractivity contribution in [2.45, 2.75) is 26.0 Å². The zero-order chi connectivity index (χ0) is 10.4. The molecule has 0 aliphatic heterocycles. The number of rotatable bonds is 6. The Morgan fingerprint density at radius 1 is 1.64 bits per heavy atom. The molecule has 0 amide bonds. The molecule has 0 unspecified atom stereocenters. The molecule has 1 N–H and O–H groups in total. The van der Waals surface area contributed by atoms with Gasteiger partial charge in [-0.05, 0) is 16.8 Å². The molecule has 0 aliphatic carbocycles. The standard InChI is InChI=1S/C7H12N4O3/c1-14-5-11-6(8-9-10-11)3-2-4-7(12)13/h2-5H2,1H3,(H,12,13). The molecule has 0 bridgehead atoms. The van der Waals surface area contributed by atoms with Crippen LogP contribution in [-0.4, -0.2) is 38.4 Å². The molecular weight excluding hydrogens is 188 g/mol. The van der Waals surface area contributed by atoms with Gasteiger partial charge in [0.1, 0.15) is 6.73 Å². The summed E-state index contributed by atoms with van der Waals surface area (Å²) in [5, 5.41) is 19.4. The molecule has 0 spiro atoms. The maximum Gasteiger partial charge on any atom is 0.303 e. The molecule has 0 aliphatic rings. The third-order valence-electron chi connectivity index (χ3n) is 1.65. The van der Waals surface area contributed by atoms with Gasteiger partial charge in [0.05, 0.1) is 0 Å². The van der Waals surface area contributed by atoms with Gasteiger partial charge in [-0.3, -0.25) is 4.79 Å². The minimum Gasteiger partial charge on any atom is -0.481 e. The summed E-state index contributed by atoms with van der Waals surface area (Å²) in [4.78, 5) is 10.3. The number of aliphatic carboxylic acids is 1. The minimum absolute atomic E-state index is 0.125. The maximum atomic E-state index is 10.3. The van der Waals surface area contributed by atoms with Crippen molar-refractivity contribution in [2.24, 2.45) is 0 Å². The molecule has 0 saturated heterocycles. The monoisotopic (exact) mass is 200 g/mol. The molecule has 0 fully saturated rings. The molecule has 0 saturated carbocycles. The van der Waals surface area contributed by atoms with Crippen LogP contribution < -0.4 is 0 Å². The molecule has 0 radical (unpaired) electrons. The predicted octanol–water partition coefficient (Wildman–Crippen LogP) is -0.316. The fourth-order valence-corrected chi connectivity index (χ4v) is 1.02. The SMILES string of the molecule is COCn1nnnc1CCCC(=O)O. The number of carboxylic acids is 1. The van der Waals surface area contributed by atoms with Crippen LogP contribution in [0.25, 0.3) is 0 Å². The van der Waals surface area contributed by atoms with Gasteiger partial charge in [0.2, 0.25) is 0 Å². The highest BCUT2D eigenvalue weighted by Gasteiger charge is 2.06. The van der Waals surface area contributed by atoms with Gasteiger partial charge in [-0.25, -0.2) is 4.68 Å². The predicted molar refractivity (Wildman–Crippen MR) is 45.4 cm³/mol. The number of aromatic nitrogens is 4. The Morgan fingerprint density at radius 2 is 2.43 bits per heavy atom. The fourth-order valence-electron chi connectivity index (χ4n) is 1.02. The van der Waals surface area contributed by atoms with E-state index in [1.165, 1.54) is 4.68 Å². The molecule has 7 heteroatoms. The van der Waals surface area contributed by atoms with Crippen LogP contribution in [0.1, 0.15) is 18.7 Å². The van der Waals surface area contributed by atoms with Crippen molar-refractivity contribution in [2.75, 3.05) is 7.11 Å². The summed E-state index contributed by atoms with van der Waals surface area (Å²) in [6, 6.07) is 0. The third kappa shape index (κ3) is 3.09. The quantitative estimate of drug-likeness (QED) is 0.677. The Hall–Kier alpha value is -1.50. The number of nitrogens with zero attached hydrogens (tertiary/aromatic N) is 4. The lowest BCUT2D eigenvalue weighted by Crippen LogP contribution is -2.08. The zero-order valence-corrected chi connectivity index (χ0v) is 7.88. The number of hydrogen-bond acceptors (Lipinski definition) is 5. The normalized spacial score (nSPS) is 10.4. The number of methoxy groups -OCH3 is 1. The minimum atomic E-state index is -0.809. The second-order valence-electron chi connectivity index (χ2n) is 2.76. The zero-order valence-electron chi connectivity index (χ0n) is 7.88. The van der Waals surface area contributed by atoms with E-state index in [-0.39, 0.29) is 13.2 Å². The lowest BCUT2D eigenvalue weighted by atomic mass is 10.2. The van der Waals surface area contributed by atoms with E-state index in [1.807, 2.05) is 0 Å². The van der Waals surface area contributed by atoms with Gasteiger partial charge >= 0.3 is 5.97 Å². The molecule has 1 heterocycles. The highest BCUT2D eigenvalue weighted by molar-refractivity contribution is 5.66. The first-order valence-electron chi connectivity index (χ1n) is 4.20. The van der Waals surface area contributed by atoms with Crippen molar-refractivity contribution < 1.29 is 14.6 Å². The summed E-state index contributed by atoms with van der Waals surface area (Å²) in [5.41, 5.74) is 0. The molecule has 0 aromatic carbocycles. The Kier molecular flexibility index (Phi) is 3.99. The van der Waals surface area contributed by atoms with Crippen LogP contribution in [0.2, 0.25) is 0 Å². The van der Waals surface area contributed by atoms with Crippen molar-refractivity contribution in [1.29, 1.82) is 0 Å². The number of hydrogen-bond donors (Lipinski definition) is 1. The molecule has 0 atom stereocenters. The van der Waals surface area contributed by atoms with E-state index in [4.69, 9.17) is 9.84 Å². The summed E-state index contributed by atoms with van der Waals surface area (Å²) in [7, 11) is 1.54. The van der Waals surface area contributed by atoms with Crippen LogP contribution in [0.5, 0.6) is 0 Å². The second kappa shape index (κ2) is 5.28. The fraction of sp³-hybridized carbons (Fsp3) is 0.714. The molecule has 1 aromatic heterocycles. The first-order chi connectivity index (χ1) is 6.74. The smallest absolute Gasteiger partial charge is 0.303 e. The number of carbonyl (C=O) groups is 1. The average Bonchev–Trinajstić information content (AvgIpc) is 2.53. The van der Waals surface area contributed by atoms with Crippen LogP contribution in [0.15, 0.2) is 0 Å². The Morgan fingerprint density at radius 3 is 3.07 bits per heavy atom. The van der Waals surface area contributed by atoms with E-state index in [0.29, 0.717) is 18.7 Å². The Bertz CT molecular complexity index is 299. The Balaban J connectivity index is 2.41. The summed E-state index contributed by atoms with van der Waals surface area (Å²) < 4.78 is 6.36. The lowest BCUT2D eigenvalue weighted by Gasteiger charge is -2.01. The van der Waals surface area contributed by atoms with Crippen molar-refractivity contribution in [1.82, 2.24) is 20.2 Å². The van der Waals surface area contributed by atoms with E-state index >= 15 is 0 Å². The summed E-state index contributed by atoms with van der Waals surface area (Å²) >= 11 is 0. The first-order valence-corrected chi connectivity index (χ1v) is 4.20. The van der Waals surface area contributed by atoms with Gasteiger partial charge in [0.25, 0.3) is 0 Å². The molecule has 7 nitrogen and oxygen atoms in total. The lowest BCUT2D eigenvalue weighted by molar-refractivity contribution is -0.137. The second-order valence-corrected chi connectivity index (χ2v) is 2.76. The van der Waals surface area contributed by atoms with Gasteiger partial charge < -0.3 is 9.84 Å². The largest absolute Gasteiger partial charge is 0.481 e. The molecule has 78 valence electrons. The van der Waals surface area contributed by atoms with Crippen molar-refractivity contribution in [3.63, 3.8) is 0 Å². The summed E-state index contributed by atoms with van der Waals surface area (Å²) in [6.45, 7) is 0.287. The Labute approximate surface area is 80.7 Å². The van der Waals surface area contributed by atoms with Crippen LogP contribution >= 0.6 is 0 Å². The van der Waals surface area contributed by atoms with Crippen LogP contribution in [0.4, 0.5) is 0 Å². The molecule has 14 heavy (non-hydrogen) atoms. The van der Waals surface area contributed by atoms with Gasteiger partial charge in [0, 0.05) is 20.0 Å². The van der Waals surface area contributed by atoms with Gasteiger partial charge in [-0.15, -0.1) is 5.10 Å². The number of aryl methyl sites for hydroxylation is 1. The topological polar surface area (TPSA) is 90.1 Å². The maximum absolute atomic E-state index is 10.3. The summed E-state index contributed by atoms with van der Waals surface area (Å²) in [6.07, 6.45) is 1.20. The third-order valence-corrected chi connectivity index (χ3v) is 1.65. The van der Waals surface area contributed by atoms with E-state index in [2.05, 4.69) is 15.5 Å². The van der Waals surface area contributed by atoms with Gasteiger partial charge in [-0.2, -0.15) is 0 Å². The summed E-state index contributed by atoms with van der Waals surface area (Å²) in [5.74, 6) is -0.163. The van der Waals surface area contributed by atoms with Gasteiger partial charge in [0.15, 0.2) is 5.82 Å². The highest BCUT2D eigenvalue weighted by Crippen LogP contribution is 2.00. The van der Waals surface area contributed by atoms with Crippen LogP contribution in [0.3, 0.4) is 0 Å². The van der Waals surface area contributed by atoms with Crippen LogP contribution in [0, 0.1) is 0 Å². The van der Waals surface area contributed by atoms with Crippen molar-refractivity contribution >= 4 is 5.97 Å². The highest BCUT2D eigenvalue weighted by atomic mass is 16.5. The number of ether oxygens (including phenoxy) is 1. The van der Waals surface area contributed by atoms with E-state index < -0.39 is 5.97 Å². The van der Waals surface area contributed by atoms with E-state index in [0.717, 1.165) is 0 Å². The average molecular weight is 200 g/mol.